The van der Waals surface area contributed by atoms with Crippen LogP contribution in [-0.4, -0.2) is 36.4 Å². The Kier molecular flexibility index (Phi) is 79.3. The quantitative estimate of drug-likeness (QED) is 0.0373. The van der Waals surface area contributed by atoms with Gasteiger partial charge >= 0.3 is 11.9 Å². The molecule has 538 valence electrons. The Bertz CT molecular complexity index is 1920. The number of ether oxygens (including phenoxy) is 2. The molecule has 1 N–H and O–H groups in total. The summed E-state index contributed by atoms with van der Waals surface area (Å²) in [5, 5.41) is 9.73. The number of unbranched alkanes of at least 4 members (excludes halogenated alkanes) is 42. The van der Waals surface area contributed by atoms with Crippen molar-refractivity contribution in [1.82, 2.24) is 0 Å². The number of hydrogen-bond donors (Lipinski definition) is 1. The largest absolute Gasteiger partial charge is 0.462 e. The topological polar surface area (TPSA) is 72.8 Å². The van der Waals surface area contributed by atoms with Gasteiger partial charge in [-0.15, -0.1) is 0 Å². The highest BCUT2D eigenvalue weighted by Gasteiger charge is 2.16. The van der Waals surface area contributed by atoms with Crippen LogP contribution in [0.2, 0.25) is 0 Å². The number of rotatable bonds is 74. The number of esters is 2. The maximum absolute atomic E-state index is 12.4. The van der Waals surface area contributed by atoms with Crippen LogP contribution in [0.5, 0.6) is 0 Å². The zero-order chi connectivity index (χ0) is 67.5. The molecule has 5 nitrogen and oxygen atoms in total. The van der Waals surface area contributed by atoms with Crippen molar-refractivity contribution in [2.45, 2.75) is 392 Å². The van der Waals surface area contributed by atoms with Crippen molar-refractivity contribution in [3.05, 3.63) is 146 Å². The molecule has 0 saturated heterocycles. The van der Waals surface area contributed by atoms with Crippen molar-refractivity contribution >= 4 is 11.9 Å². The highest BCUT2D eigenvalue weighted by Crippen LogP contribution is 2.19. The van der Waals surface area contributed by atoms with Crippen LogP contribution in [0.15, 0.2) is 146 Å². The van der Waals surface area contributed by atoms with Gasteiger partial charge in [0, 0.05) is 12.8 Å². The van der Waals surface area contributed by atoms with Gasteiger partial charge in [0.05, 0.1) is 6.61 Å². The molecule has 0 aromatic carbocycles. The first-order chi connectivity index (χ1) is 46.6. The predicted molar refractivity (Wildman–Crippen MR) is 417 cm³/mol. The highest BCUT2D eigenvalue weighted by atomic mass is 16.6. The van der Waals surface area contributed by atoms with E-state index in [4.69, 9.17) is 9.47 Å². The highest BCUT2D eigenvalue weighted by molar-refractivity contribution is 5.70. The van der Waals surface area contributed by atoms with Gasteiger partial charge in [0.2, 0.25) is 0 Å². The van der Waals surface area contributed by atoms with E-state index in [9.17, 15) is 14.7 Å². The number of aliphatic hydroxyl groups excluding tert-OH is 1. The first-order valence-corrected chi connectivity index (χ1v) is 40.4. The number of aliphatic hydroxyl groups is 1. The molecule has 0 heterocycles. The molecule has 1 atom stereocenters. The number of carbonyl (C=O) groups excluding carboxylic acids is 2. The van der Waals surface area contributed by atoms with Crippen molar-refractivity contribution in [1.29, 1.82) is 0 Å². The zero-order valence-corrected chi connectivity index (χ0v) is 61.9. The third-order valence-electron chi connectivity index (χ3n) is 17.6. The molecular weight excluding hydrogens is 1150 g/mol. The molecule has 0 bridgehead atoms. The minimum absolute atomic E-state index is 0.0694. The summed E-state index contributed by atoms with van der Waals surface area (Å²) < 4.78 is 10.8. The van der Waals surface area contributed by atoms with Gasteiger partial charge in [-0.05, 0) is 122 Å². The summed E-state index contributed by atoms with van der Waals surface area (Å²) in [4.78, 5) is 24.7. The molecule has 0 saturated carbocycles. The van der Waals surface area contributed by atoms with E-state index in [1.54, 1.807) is 0 Å². The minimum atomic E-state index is -0.782. The molecule has 0 aliphatic heterocycles. The SMILES string of the molecule is CC/C=C\C/C=C\C/C=C\C/C=C\C/C=C\C/C=C\C/C=C\C/C=C\C/C=C\CCCCCCCCCCCCCC(=O)OC(CO)COC(=O)CCCCCCCCCCCCCCCCCCCCCCCCCCCC/C=C\C/C=C\C/C=C\CCCCCCC. The summed E-state index contributed by atoms with van der Waals surface area (Å²) in [6, 6.07) is 0. The lowest BCUT2D eigenvalue weighted by Crippen LogP contribution is -2.28. The summed E-state index contributed by atoms with van der Waals surface area (Å²) in [6.07, 6.45) is 125. The summed E-state index contributed by atoms with van der Waals surface area (Å²) in [6.45, 7) is 4.04. The Morgan fingerprint density at radius 2 is 0.457 bits per heavy atom. The van der Waals surface area contributed by atoms with Gasteiger partial charge in [0.25, 0.3) is 0 Å². The second-order valence-corrected chi connectivity index (χ2v) is 26.8. The van der Waals surface area contributed by atoms with Crippen molar-refractivity contribution in [3.63, 3.8) is 0 Å². The lowest BCUT2D eigenvalue weighted by molar-refractivity contribution is -0.161. The molecule has 0 fully saturated rings. The predicted octanol–water partition coefficient (Wildman–Crippen LogP) is 28.8. The van der Waals surface area contributed by atoms with Gasteiger partial charge in [-0.25, -0.2) is 0 Å². The Hall–Kier alpha value is -4.22. The first kappa shape index (κ1) is 89.8. The van der Waals surface area contributed by atoms with Gasteiger partial charge in [0.1, 0.15) is 6.61 Å². The van der Waals surface area contributed by atoms with E-state index in [0.29, 0.717) is 12.8 Å². The fourth-order valence-corrected chi connectivity index (χ4v) is 11.6. The van der Waals surface area contributed by atoms with E-state index in [0.717, 1.165) is 109 Å². The number of hydrogen-bond acceptors (Lipinski definition) is 5. The van der Waals surface area contributed by atoms with Crippen LogP contribution in [0, 0.1) is 0 Å². The van der Waals surface area contributed by atoms with E-state index in [-0.39, 0.29) is 25.2 Å². The zero-order valence-electron chi connectivity index (χ0n) is 61.9. The fraction of sp³-hybridized carbons (Fsp3) is 0.708. The molecule has 0 aliphatic rings. The van der Waals surface area contributed by atoms with E-state index < -0.39 is 6.10 Å². The molecule has 5 heteroatoms. The minimum Gasteiger partial charge on any atom is -0.462 e. The van der Waals surface area contributed by atoms with Gasteiger partial charge in [-0.2, -0.15) is 0 Å². The van der Waals surface area contributed by atoms with E-state index in [1.807, 2.05) is 0 Å². The average Bonchev–Trinajstić information content (AvgIpc) is 3.65. The fourth-order valence-electron chi connectivity index (χ4n) is 11.6. The summed E-state index contributed by atoms with van der Waals surface area (Å²) in [7, 11) is 0. The van der Waals surface area contributed by atoms with Crippen LogP contribution in [-0.2, 0) is 19.1 Å². The Morgan fingerprint density at radius 3 is 0.691 bits per heavy atom. The molecule has 0 amide bonds. The normalized spacial score (nSPS) is 13.0. The van der Waals surface area contributed by atoms with Gasteiger partial charge in [0.15, 0.2) is 6.10 Å². The standard InChI is InChI=1S/C89H152O5/c1-3-5-7-9-11-13-15-17-19-21-23-25-27-29-31-33-35-37-39-41-43-44-46-47-49-51-53-55-57-59-61-63-65-67-69-71-73-75-77-79-81-83-88(91)93-86-87(85-90)94-89(92)84-82-80-78-76-74-72-70-68-66-64-62-60-58-56-54-52-50-48-45-42-40-38-36-34-32-30-28-26-24-22-20-18-16-14-12-10-8-6-4-2/h6,8,12,14-15,17-18,20-21,23-24,26-27,29-30,32,36,38,42,45,50,52,56,58,87,90H,3-5,7,9-11,13,16,19,22,25,28,31,33-35,37,39-41,43-44,46-49,51,53-55,57,59-86H2,1-2H3/b8-6-,14-12-,17-15-,20-18-,23-21-,26-24-,29-27-,32-30-,38-36-,45-42-,52-50-,58-56-. The maximum atomic E-state index is 12.4. The Morgan fingerprint density at radius 1 is 0.255 bits per heavy atom. The van der Waals surface area contributed by atoms with Crippen LogP contribution in [0.4, 0.5) is 0 Å². The average molecular weight is 1300 g/mol. The lowest BCUT2D eigenvalue weighted by atomic mass is 10.0. The lowest BCUT2D eigenvalue weighted by Gasteiger charge is -2.15. The molecule has 1 unspecified atom stereocenters. The molecule has 94 heavy (non-hydrogen) atoms. The van der Waals surface area contributed by atoms with Crippen LogP contribution in [0.3, 0.4) is 0 Å². The Balaban J connectivity index is 3.46. The molecule has 0 aliphatic carbocycles. The second-order valence-electron chi connectivity index (χ2n) is 26.8. The smallest absolute Gasteiger partial charge is 0.306 e. The number of allylic oxidation sites excluding steroid dienone is 24. The van der Waals surface area contributed by atoms with Crippen molar-refractivity contribution < 1.29 is 24.2 Å². The third kappa shape index (κ3) is 80.2. The van der Waals surface area contributed by atoms with Gasteiger partial charge < -0.3 is 14.6 Å². The van der Waals surface area contributed by atoms with Crippen molar-refractivity contribution in [2.75, 3.05) is 13.2 Å². The van der Waals surface area contributed by atoms with E-state index in [1.165, 1.54) is 250 Å². The van der Waals surface area contributed by atoms with Crippen LogP contribution < -0.4 is 0 Å². The van der Waals surface area contributed by atoms with Crippen LogP contribution in [0.1, 0.15) is 386 Å². The molecule has 0 rings (SSSR count). The molecule has 0 spiro atoms. The van der Waals surface area contributed by atoms with Crippen molar-refractivity contribution in [2.24, 2.45) is 0 Å². The summed E-state index contributed by atoms with van der Waals surface area (Å²) in [5.74, 6) is -0.584. The van der Waals surface area contributed by atoms with Crippen LogP contribution >= 0.6 is 0 Å². The molecule has 0 radical (unpaired) electrons. The van der Waals surface area contributed by atoms with Crippen LogP contribution in [0.25, 0.3) is 0 Å². The monoisotopic (exact) mass is 1300 g/mol. The molecule has 0 aromatic heterocycles. The van der Waals surface area contributed by atoms with Gasteiger partial charge in [-0.3, -0.25) is 9.59 Å². The maximum Gasteiger partial charge on any atom is 0.306 e. The summed E-state index contributed by atoms with van der Waals surface area (Å²) >= 11 is 0. The summed E-state index contributed by atoms with van der Waals surface area (Å²) in [5.41, 5.74) is 0. The number of carbonyl (C=O) groups is 2. The van der Waals surface area contributed by atoms with E-state index in [2.05, 4.69) is 160 Å². The third-order valence-corrected chi connectivity index (χ3v) is 17.6. The van der Waals surface area contributed by atoms with E-state index >= 15 is 0 Å². The molecule has 0 aromatic rings. The molecular formula is C89H152O5. The second kappa shape index (κ2) is 83.0. The Labute approximate surface area is 584 Å². The first-order valence-electron chi connectivity index (χ1n) is 40.4. The van der Waals surface area contributed by atoms with Crippen molar-refractivity contribution in [3.8, 4) is 0 Å². The van der Waals surface area contributed by atoms with Gasteiger partial charge in [-0.1, -0.05) is 397 Å².